The van der Waals surface area contributed by atoms with E-state index in [0.29, 0.717) is 36.0 Å². The number of benzene rings is 1. The summed E-state index contributed by atoms with van der Waals surface area (Å²) in [5, 5.41) is 3.31. The van der Waals surface area contributed by atoms with Crippen molar-refractivity contribution in [3.05, 3.63) is 77.7 Å². The fourth-order valence-electron chi connectivity index (χ4n) is 3.57. The van der Waals surface area contributed by atoms with Gasteiger partial charge in [-0.05, 0) is 66.9 Å². The Morgan fingerprint density at radius 3 is 2.45 bits per heavy atom. The SMILES string of the molecule is O=C(Nc1ncccc1OCc1ccncc1)C1CCN(S(=O)(=O)c2ccc(Cl)cc2)CC1. The number of ether oxygens (including phenoxy) is 1. The number of aromatic nitrogens is 2. The van der Waals surface area contributed by atoms with Crippen LogP contribution in [0.5, 0.6) is 5.75 Å². The van der Waals surface area contributed by atoms with Crippen molar-refractivity contribution in [3.8, 4) is 5.75 Å². The van der Waals surface area contributed by atoms with E-state index in [1.165, 1.54) is 16.4 Å². The Bertz CT molecular complexity index is 1200. The van der Waals surface area contributed by atoms with Crippen LogP contribution in [0.1, 0.15) is 18.4 Å². The lowest BCUT2D eigenvalue weighted by Crippen LogP contribution is -2.41. The smallest absolute Gasteiger partial charge is 0.243 e. The maximum atomic E-state index is 12.9. The molecule has 0 aliphatic carbocycles. The van der Waals surface area contributed by atoms with Crippen LogP contribution in [0.3, 0.4) is 0 Å². The molecule has 1 aromatic carbocycles. The van der Waals surface area contributed by atoms with Crippen molar-refractivity contribution in [2.75, 3.05) is 18.4 Å². The second kappa shape index (κ2) is 10.3. The first-order chi connectivity index (χ1) is 15.9. The normalized spacial score (nSPS) is 15.2. The van der Waals surface area contributed by atoms with E-state index in [1.54, 1.807) is 42.9 Å². The summed E-state index contributed by atoms with van der Waals surface area (Å²) in [6.45, 7) is 0.839. The Morgan fingerprint density at radius 2 is 1.76 bits per heavy atom. The average molecular weight is 487 g/mol. The van der Waals surface area contributed by atoms with Crippen molar-refractivity contribution in [1.82, 2.24) is 14.3 Å². The number of nitrogens with one attached hydrogen (secondary N) is 1. The van der Waals surface area contributed by atoms with Crippen LogP contribution in [0.4, 0.5) is 5.82 Å². The van der Waals surface area contributed by atoms with Gasteiger partial charge in [-0.2, -0.15) is 4.31 Å². The minimum atomic E-state index is -3.62. The Hall–Kier alpha value is -3.01. The van der Waals surface area contributed by atoms with Crippen LogP contribution in [0.2, 0.25) is 5.02 Å². The van der Waals surface area contributed by atoms with Crippen LogP contribution in [0.15, 0.2) is 72.0 Å². The van der Waals surface area contributed by atoms with E-state index in [4.69, 9.17) is 16.3 Å². The molecule has 1 aliphatic rings. The lowest BCUT2D eigenvalue weighted by molar-refractivity contribution is -0.120. The number of anilines is 1. The fraction of sp³-hybridized carbons (Fsp3) is 0.261. The fourth-order valence-corrected chi connectivity index (χ4v) is 5.17. The summed E-state index contributed by atoms with van der Waals surface area (Å²) in [4.78, 5) is 21.3. The van der Waals surface area contributed by atoms with Gasteiger partial charge in [0.1, 0.15) is 6.61 Å². The summed E-state index contributed by atoms with van der Waals surface area (Å²) in [6, 6.07) is 13.3. The van der Waals surface area contributed by atoms with Gasteiger partial charge in [0.15, 0.2) is 11.6 Å². The number of pyridine rings is 2. The summed E-state index contributed by atoms with van der Waals surface area (Å²) in [5.41, 5.74) is 0.945. The Morgan fingerprint density at radius 1 is 1.06 bits per heavy atom. The summed E-state index contributed by atoms with van der Waals surface area (Å²) in [7, 11) is -3.62. The van der Waals surface area contributed by atoms with Crippen molar-refractivity contribution in [1.29, 1.82) is 0 Å². The molecule has 0 spiro atoms. The van der Waals surface area contributed by atoms with Crippen LogP contribution in [0, 0.1) is 5.92 Å². The summed E-state index contributed by atoms with van der Waals surface area (Å²) < 4.78 is 32.9. The molecule has 33 heavy (non-hydrogen) atoms. The summed E-state index contributed by atoms with van der Waals surface area (Å²) in [5.74, 6) is 0.279. The molecule has 0 unspecified atom stereocenters. The van der Waals surface area contributed by atoms with E-state index >= 15 is 0 Å². The zero-order chi connectivity index (χ0) is 23.3. The third-order valence-corrected chi connectivity index (χ3v) is 7.60. The van der Waals surface area contributed by atoms with E-state index in [1.807, 2.05) is 12.1 Å². The van der Waals surface area contributed by atoms with Crippen molar-refractivity contribution in [2.45, 2.75) is 24.3 Å². The molecular formula is C23H23ClN4O4S. The van der Waals surface area contributed by atoms with Gasteiger partial charge in [0.25, 0.3) is 0 Å². The molecule has 1 fully saturated rings. The molecule has 2 aromatic heterocycles. The van der Waals surface area contributed by atoms with Crippen molar-refractivity contribution in [2.24, 2.45) is 5.92 Å². The predicted octanol–water partition coefficient (Wildman–Crippen LogP) is 3.75. The third-order valence-electron chi connectivity index (χ3n) is 5.43. The maximum Gasteiger partial charge on any atom is 0.243 e. The molecule has 0 radical (unpaired) electrons. The van der Waals surface area contributed by atoms with Crippen LogP contribution in [-0.4, -0.2) is 41.7 Å². The highest BCUT2D eigenvalue weighted by Crippen LogP contribution is 2.27. The van der Waals surface area contributed by atoms with Gasteiger partial charge in [-0.1, -0.05) is 11.6 Å². The number of rotatable bonds is 7. The van der Waals surface area contributed by atoms with Gasteiger partial charge >= 0.3 is 0 Å². The van der Waals surface area contributed by atoms with Crippen LogP contribution >= 0.6 is 11.6 Å². The lowest BCUT2D eigenvalue weighted by Gasteiger charge is -2.30. The third kappa shape index (κ3) is 5.68. The summed E-state index contributed by atoms with van der Waals surface area (Å²) in [6.07, 6.45) is 5.78. The minimum Gasteiger partial charge on any atom is -0.485 e. The molecule has 4 rings (SSSR count). The highest BCUT2D eigenvalue weighted by atomic mass is 35.5. The molecule has 3 heterocycles. The molecule has 172 valence electrons. The molecule has 3 aromatic rings. The number of halogens is 1. The monoisotopic (exact) mass is 486 g/mol. The molecule has 0 saturated carbocycles. The number of hydrogen-bond acceptors (Lipinski definition) is 6. The first-order valence-electron chi connectivity index (χ1n) is 10.5. The van der Waals surface area contributed by atoms with Gasteiger partial charge in [0.05, 0.1) is 4.90 Å². The van der Waals surface area contributed by atoms with Gasteiger partial charge in [-0.25, -0.2) is 13.4 Å². The molecule has 8 nitrogen and oxygen atoms in total. The number of hydrogen-bond donors (Lipinski definition) is 1. The Labute approximate surface area is 197 Å². The minimum absolute atomic E-state index is 0.194. The van der Waals surface area contributed by atoms with Gasteiger partial charge in [-0.15, -0.1) is 0 Å². The van der Waals surface area contributed by atoms with Crippen LogP contribution in [-0.2, 0) is 21.4 Å². The van der Waals surface area contributed by atoms with E-state index in [-0.39, 0.29) is 29.8 Å². The van der Waals surface area contributed by atoms with Crippen molar-refractivity contribution < 1.29 is 17.9 Å². The van der Waals surface area contributed by atoms with E-state index < -0.39 is 10.0 Å². The molecule has 1 saturated heterocycles. The molecule has 1 aliphatic heterocycles. The van der Waals surface area contributed by atoms with Crippen molar-refractivity contribution in [3.63, 3.8) is 0 Å². The maximum absolute atomic E-state index is 12.9. The van der Waals surface area contributed by atoms with E-state index in [0.717, 1.165) is 5.56 Å². The predicted molar refractivity (Wildman–Crippen MR) is 124 cm³/mol. The van der Waals surface area contributed by atoms with Gasteiger partial charge in [0.2, 0.25) is 15.9 Å². The number of nitrogens with zero attached hydrogens (tertiary/aromatic N) is 3. The van der Waals surface area contributed by atoms with Crippen LogP contribution < -0.4 is 10.1 Å². The standard InChI is InChI=1S/C23H23ClN4O4S/c24-19-3-5-20(6-4-19)33(30,31)28-14-9-18(10-15-28)23(29)27-22-21(2-1-11-26-22)32-16-17-7-12-25-13-8-17/h1-8,11-13,18H,9-10,14-16H2,(H,26,27,29). The van der Waals surface area contributed by atoms with Gasteiger partial charge < -0.3 is 10.1 Å². The second-order valence-corrected chi connectivity index (χ2v) is 9.99. The Balaban J connectivity index is 1.35. The number of sulfonamides is 1. The van der Waals surface area contributed by atoms with Crippen LogP contribution in [0.25, 0.3) is 0 Å². The molecule has 10 heteroatoms. The number of carbonyl (C=O) groups excluding carboxylic acids is 1. The second-order valence-electron chi connectivity index (χ2n) is 7.62. The zero-order valence-electron chi connectivity index (χ0n) is 17.7. The quantitative estimate of drug-likeness (QED) is 0.545. The van der Waals surface area contributed by atoms with Gasteiger partial charge in [-0.3, -0.25) is 9.78 Å². The molecule has 0 bridgehead atoms. The average Bonchev–Trinajstić information content (AvgIpc) is 2.84. The molecule has 1 amide bonds. The van der Waals surface area contributed by atoms with E-state index in [9.17, 15) is 13.2 Å². The zero-order valence-corrected chi connectivity index (χ0v) is 19.3. The Kier molecular flexibility index (Phi) is 7.22. The highest BCUT2D eigenvalue weighted by molar-refractivity contribution is 7.89. The molecule has 0 atom stereocenters. The number of piperidine rings is 1. The largest absolute Gasteiger partial charge is 0.485 e. The topological polar surface area (TPSA) is 101 Å². The van der Waals surface area contributed by atoms with Crippen molar-refractivity contribution >= 4 is 33.3 Å². The summed E-state index contributed by atoms with van der Waals surface area (Å²) >= 11 is 5.86. The first kappa shape index (κ1) is 23.2. The number of amides is 1. The molecular weight excluding hydrogens is 464 g/mol. The lowest BCUT2D eigenvalue weighted by atomic mass is 9.97. The number of carbonyl (C=O) groups is 1. The van der Waals surface area contributed by atoms with E-state index in [2.05, 4.69) is 15.3 Å². The first-order valence-corrected chi connectivity index (χ1v) is 12.3. The molecule has 1 N–H and O–H groups in total. The van der Waals surface area contributed by atoms with Gasteiger partial charge in [0, 0.05) is 42.6 Å². The highest BCUT2D eigenvalue weighted by Gasteiger charge is 2.32.